The Balaban J connectivity index is 1.72. The van der Waals surface area contributed by atoms with Gasteiger partial charge in [0.25, 0.3) is 0 Å². The molecule has 1 amide bonds. The van der Waals surface area contributed by atoms with Gasteiger partial charge in [-0.3, -0.25) is 9.69 Å². The lowest BCUT2D eigenvalue weighted by Crippen LogP contribution is -2.48. The SMILES string of the molecule is CC(C(=O)NC1CC1)N1CCC(CCN)CC1. The molecule has 0 bridgehead atoms. The van der Waals surface area contributed by atoms with Gasteiger partial charge in [0.05, 0.1) is 6.04 Å². The van der Waals surface area contributed by atoms with Gasteiger partial charge in [-0.1, -0.05) is 0 Å². The highest BCUT2D eigenvalue weighted by molar-refractivity contribution is 5.81. The molecule has 17 heavy (non-hydrogen) atoms. The van der Waals surface area contributed by atoms with Crippen molar-refractivity contribution >= 4 is 5.91 Å². The number of nitrogens with one attached hydrogen (secondary N) is 1. The average Bonchev–Trinajstić information content (AvgIpc) is 3.13. The molecule has 0 spiro atoms. The molecule has 2 rings (SSSR count). The van der Waals surface area contributed by atoms with E-state index in [9.17, 15) is 4.79 Å². The molecule has 1 unspecified atom stereocenters. The second-order valence-corrected chi connectivity index (χ2v) is 5.52. The number of amides is 1. The van der Waals surface area contributed by atoms with Crippen molar-refractivity contribution in [2.24, 2.45) is 11.7 Å². The van der Waals surface area contributed by atoms with Crippen LogP contribution in [-0.4, -0.2) is 42.5 Å². The van der Waals surface area contributed by atoms with Crippen LogP contribution in [0.15, 0.2) is 0 Å². The molecular formula is C13H25N3O. The molecular weight excluding hydrogens is 214 g/mol. The van der Waals surface area contributed by atoms with Crippen LogP contribution < -0.4 is 11.1 Å². The predicted molar refractivity (Wildman–Crippen MR) is 68.6 cm³/mol. The molecule has 1 aliphatic carbocycles. The molecule has 0 aromatic carbocycles. The Kier molecular flexibility index (Phi) is 4.40. The topological polar surface area (TPSA) is 58.4 Å². The summed E-state index contributed by atoms with van der Waals surface area (Å²) in [5.74, 6) is 0.986. The lowest BCUT2D eigenvalue weighted by Gasteiger charge is -2.35. The zero-order valence-corrected chi connectivity index (χ0v) is 10.8. The summed E-state index contributed by atoms with van der Waals surface area (Å²) in [7, 11) is 0. The molecule has 4 heteroatoms. The van der Waals surface area contributed by atoms with E-state index in [0.29, 0.717) is 6.04 Å². The average molecular weight is 239 g/mol. The molecule has 1 saturated carbocycles. The number of likely N-dealkylation sites (tertiary alicyclic amines) is 1. The van der Waals surface area contributed by atoms with E-state index < -0.39 is 0 Å². The fraction of sp³-hybridized carbons (Fsp3) is 0.923. The van der Waals surface area contributed by atoms with Crippen molar-refractivity contribution in [1.82, 2.24) is 10.2 Å². The Bertz CT molecular complexity index is 257. The number of piperidine rings is 1. The molecule has 98 valence electrons. The quantitative estimate of drug-likeness (QED) is 0.743. The van der Waals surface area contributed by atoms with Crippen LogP contribution in [0.5, 0.6) is 0 Å². The molecule has 0 aromatic heterocycles. The van der Waals surface area contributed by atoms with Crippen molar-refractivity contribution in [2.75, 3.05) is 19.6 Å². The van der Waals surface area contributed by atoms with E-state index in [1.54, 1.807) is 0 Å². The van der Waals surface area contributed by atoms with Crippen LogP contribution in [0.2, 0.25) is 0 Å². The standard InChI is InChI=1S/C13H25N3O/c1-10(13(17)15-12-2-3-12)16-8-5-11(4-7-14)6-9-16/h10-12H,2-9,14H2,1H3,(H,15,17). The highest BCUT2D eigenvalue weighted by atomic mass is 16.2. The van der Waals surface area contributed by atoms with Crippen molar-refractivity contribution in [3.05, 3.63) is 0 Å². The smallest absolute Gasteiger partial charge is 0.237 e. The van der Waals surface area contributed by atoms with Crippen molar-refractivity contribution in [1.29, 1.82) is 0 Å². The van der Waals surface area contributed by atoms with Crippen LogP contribution in [0.1, 0.15) is 39.0 Å². The van der Waals surface area contributed by atoms with Crippen molar-refractivity contribution < 1.29 is 4.79 Å². The molecule has 3 N–H and O–H groups in total. The Morgan fingerprint density at radius 3 is 2.53 bits per heavy atom. The Hall–Kier alpha value is -0.610. The summed E-state index contributed by atoms with van der Waals surface area (Å²) >= 11 is 0. The molecule has 1 heterocycles. The van der Waals surface area contributed by atoms with Crippen LogP contribution in [0.25, 0.3) is 0 Å². The molecule has 4 nitrogen and oxygen atoms in total. The van der Waals surface area contributed by atoms with Gasteiger partial charge in [-0.25, -0.2) is 0 Å². The summed E-state index contributed by atoms with van der Waals surface area (Å²) in [5.41, 5.74) is 5.59. The molecule has 2 fully saturated rings. The molecule has 0 radical (unpaired) electrons. The Labute approximate surface area is 104 Å². The van der Waals surface area contributed by atoms with E-state index in [2.05, 4.69) is 10.2 Å². The monoisotopic (exact) mass is 239 g/mol. The zero-order chi connectivity index (χ0) is 12.3. The van der Waals surface area contributed by atoms with Gasteiger partial charge in [0.2, 0.25) is 5.91 Å². The van der Waals surface area contributed by atoms with Crippen LogP contribution in [0, 0.1) is 5.92 Å². The maximum atomic E-state index is 11.9. The van der Waals surface area contributed by atoms with E-state index >= 15 is 0 Å². The van der Waals surface area contributed by atoms with Crippen LogP contribution in [0.4, 0.5) is 0 Å². The van der Waals surface area contributed by atoms with Crippen molar-refractivity contribution in [3.63, 3.8) is 0 Å². The molecule has 0 aromatic rings. The fourth-order valence-corrected chi connectivity index (χ4v) is 2.58. The summed E-state index contributed by atoms with van der Waals surface area (Å²) in [5, 5.41) is 3.09. The summed E-state index contributed by atoms with van der Waals surface area (Å²) in [6.45, 7) is 4.91. The van der Waals surface area contributed by atoms with Gasteiger partial charge in [-0.2, -0.15) is 0 Å². The van der Waals surface area contributed by atoms with Crippen LogP contribution in [-0.2, 0) is 4.79 Å². The van der Waals surface area contributed by atoms with Gasteiger partial charge in [0.1, 0.15) is 0 Å². The first kappa shape index (κ1) is 12.8. The summed E-state index contributed by atoms with van der Waals surface area (Å²) < 4.78 is 0. The van der Waals surface area contributed by atoms with Gasteiger partial charge in [0, 0.05) is 6.04 Å². The third kappa shape index (κ3) is 3.68. The van der Waals surface area contributed by atoms with Crippen molar-refractivity contribution in [3.8, 4) is 0 Å². The van der Waals surface area contributed by atoms with Gasteiger partial charge in [-0.15, -0.1) is 0 Å². The Morgan fingerprint density at radius 1 is 1.35 bits per heavy atom. The normalized spacial score (nSPS) is 24.6. The molecule has 1 saturated heterocycles. The molecule has 1 aliphatic heterocycles. The lowest BCUT2D eigenvalue weighted by molar-refractivity contribution is -0.126. The van der Waals surface area contributed by atoms with Gasteiger partial charge in [-0.05, 0) is 64.6 Å². The van der Waals surface area contributed by atoms with Crippen LogP contribution >= 0.6 is 0 Å². The summed E-state index contributed by atoms with van der Waals surface area (Å²) in [6.07, 6.45) is 5.85. The fourth-order valence-electron chi connectivity index (χ4n) is 2.58. The van der Waals surface area contributed by atoms with E-state index in [0.717, 1.165) is 44.8 Å². The van der Waals surface area contributed by atoms with E-state index in [-0.39, 0.29) is 11.9 Å². The second-order valence-electron chi connectivity index (χ2n) is 5.52. The number of carbonyl (C=O) groups is 1. The minimum absolute atomic E-state index is 0.0365. The van der Waals surface area contributed by atoms with E-state index in [4.69, 9.17) is 5.73 Å². The van der Waals surface area contributed by atoms with Crippen LogP contribution in [0.3, 0.4) is 0 Å². The first-order valence-electron chi connectivity index (χ1n) is 6.95. The minimum atomic E-state index is 0.0365. The first-order chi connectivity index (χ1) is 8.20. The number of nitrogens with zero attached hydrogens (tertiary/aromatic N) is 1. The lowest BCUT2D eigenvalue weighted by atomic mass is 9.93. The highest BCUT2D eigenvalue weighted by Gasteiger charge is 2.30. The van der Waals surface area contributed by atoms with Crippen molar-refractivity contribution in [2.45, 2.75) is 51.1 Å². The zero-order valence-electron chi connectivity index (χ0n) is 10.8. The number of rotatable bonds is 5. The van der Waals surface area contributed by atoms with Gasteiger partial charge >= 0.3 is 0 Å². The maximum absolute atomic E-state index is 11.9. The summed E-state index contributed by atoms with van der Waals surface area (Å²) in [6, 6.07) is 0.508. The number of hydrogen-bond acceptors (Lipinski definition) is 3. The largest absolute Gasteiger partial charge is 0.352 e. The van der Waals surface area contributed by atoms with Gasteiger partial charge in [0.15, 0.2) is 0 Å². The minimum Gasteiger partial charge on any atom is -0.352 e. The first-order valence-corrected chi connectivity index (χ1v) is 6.95. The third-order valence-electron chi connectivity index (χ3n) is 4.07. The molecule has 1 atom stereocenters. The maximum Gasteiger partial charge on any atom is 0.237 e. The third-order valence-corrected chi connectivity index (χ3v) is 4.07. The highest BCUT2D eigenvalue weighted by Crippen LogP contribution is 2.22. The molecule has 2 aliphatic rings. The second kappa shape index (κ2) is 5.83. The Morgan fingerprint density at radius 2 is 2.00 bits per heavy atom. The predicted octanol–water partition coefficient (Wildman–Crippen LogP) is 0.714. The van der Waals surface area contributed by atoms with E-state index in [1.807, 2.05) is 6.92 Å². The number of hydrogen-bond donors (Lipinski definition) is 2. The van der Waals surface area contributed by atoms with Gasteiger partial charge < -0.3 is 11.1 Å². The number of carbonyl (C=O) groups excluding carboxylic acids is 1. The number of nitrogens with two attached hydrogens (primary N) is 1. The van der Waals surface area contributed by atoms with E-state index in [1.165, 1.54) is 12.8 Å². The summed E-state index contributed by atoms with van der Waals surface area (Å²) in [4.78, 5) is 14.2.